The van der Waals surface area contributed by atoms with Gasteiger partial charge in [-0.1, -0.05) is 25.2 Å². The number of aromatic nitrogens is 1. The first-order valence-corrected chi connectivity index (χ1v) is 8.37. The van der Waals surface area contributed by atoms with E-state index in [0.29, 0.717) is 12.6 Å². The predicted molar refractivity (Wildman–Crippen MR) is 85.9 cm³/mol. The number of piperazine rings is 1. The first-order chi connectivity index (χ1) is 9.89. The molecule has 5 nitrogen and oxygen atoms in total. The fourth-order valence-corrected chi connectivity index (χ4v) is 4.43. The molecule has 1 amide bonds. The molecule has 1 aromatic rings. The maximum Gasteiger partial charge on any atom is 0.241 e. The van der Waals surface area contributed by atoms with Crippen LogP contribution in [0.15, 0.2) is 0 Å². The van der Waals surface area contributed by atoms with E-state index in [9.17, 15) is 4.79 Å². The molecule has 116 valence electrons. The standard InChI is InChI=1S/C15H24N4OS/c1-15(2)7-10(16-3)13-11(8-15)17-14(21-13)19-6-5-18(4)12(20)9-19/h10,16H,5-9H2,1-4H3. The monoisotopic (exact) mass is 308 g/mol. The van der Waals surface area contributed by atoms with E-state index >= 15 is 0 Å². The number of hydrogen-bond acceptors (Lipinski definition) is 5. The normalized spacial score (nSPS) is 25.1. The lowest BCUT2D eigenvalue weighted by molar-refractivity contribution is -0.129. The van der Waals surface area contributed by atoms with Crippen molar-refractivity contribution >= 4 is 22.4 Å². The van der Waals surface area contributed by atoms with E-state index in [1.165, 1.54) is 10.6 Å². The molecule has 0 aromatic carbocycles. The van der Waals surface area contributed by atoms with Crippen molar-refractivity contribution in [2.75, 3.05) is 38.6 Å². The van der Waals surface area contributed by atoms with Gasteiger partial charge in [0, 0.05) is 31.1 Å². The Bertz CT molecular complexity index is 554. The van der Waals surface area contributed by atoms with Crippen molar-refractivity contribution in [1.82, 2.24) is 15.2 Å². The number of amides is 1. The van der Waals surface area contributed by atoms with Gasteiger partial charge in [0.2, 0.25) is 5.91 Å². The number of carbonyl (C=O) groups is 1. The molecule has 1 aromatic heterocycles. The van der Waals surface area contributed by atoms with E-state index in [4.69, 9.17) is 4.98 Å². The van der Waals surface area contributed by atoms with Crippen molar-refractivity contribution in [3.05, 3.63) is 10.6 Å². The highest BCUT2D eigenvalue weighted by Gasteiger charge is 2.35. The smallest absolute Gasteiger partial charge is 0.241 e. The Morgan fingerprint density at radius 3 is 2.81 bits per heavy atom. The van der Waals surface area contributed by atoms with E-state index in [0.717, 1.165) is 31.1 Å². The molecule has 1 saturated heterocycles. The summed E-state index contributed by atoms with van der Waals surface area (Å²) in [6.07, 6.45) is 2.17. The molecule has 2 heterocycles. The van der Waals surface area contributed by atoms with Gasteiger partial charge in [0.1, 0.15) is 0 Å². The highest BCUT2D eigenvalue weighted by Crippen LogP contribution is 2.44. The molecular weight excluding hydrogens is 284 g/mol. The topological polar surface area (TPSA) is 48.5 Å². The minimum absolute atomic E-state index is 0.180. The SMILES string of the molecule is CNC1CC(C)(C)Cc2nc(N3CCN(C)C(=O)C3)sc21. The minimum Gasteiger partial charge on any atom is -0.342 e. The zero-order valence-corrected chi connectivity index (χ0v) is 14.1. The van der Waals surface area contributed by atoms with Crippen LogP contribution in [-0.4, -0.2) is 49.5 Å². The van der Waals surface area contributed by atoms with E-state index in [-0.39, 0.29) is 11.3 Å². The third kappa shape index (κ3) is 2.79. The van der Waals surface area contributed by atoms with Gasteiger partial charge >= 0.3 is 0 Å². The van der Waals surface area contributed by atoms with Crippen molar-refractivity contribution in [3.63, 3.8) is 0 Å². The molecule has 6 heteroatoms. The molecule has 0 spiro atoms. The largest absolute Gasteiger partial charge is 0.342 e. The highest BCUT2D eigenvalue weighted by molar-refractivity contribution is 7.15. The summed E-state index contributed by atoms with van der Waals surface area (Å²) in [6.45, 7) is 6.72. The van der Waals surface area contributed by atoms with Crippen LogP contribution in [0.2, 0.25) is 0 Å². The molecule has 1 N–H and O–H groups in total. The summed E-state index contributed by atoms with van der Waals surface area (Å²) >= 11 is 1.76. The van der Waals surface area contributed by atoms with E-state index in [1.807, 2.05) is 14.1 Å². The summed E-state index contributed by atoms with van der Waals surface area (Å²) in [7, 11) is 3.89. The minimum atomic E-state index is 0.180. The number of hydrogen-bond donors (Lipinski definition) is 1. The summed E-state index contributed by atoms with van der Waals surface area (Å²) in [5.41, 5.74) is 1.50. The van der Waals surface area contributed by atoms with Crippen LogP contribution in [0.1, 0.15) is 36.9 Å². The summed E-state index contributed by atoms with van der Waals surface area (Å²) in [6, 6.07) is 0.387. The fourth-order valence-electron chi connectivity index (χ4n) is 3.21. The molecule has 1 aliphatic carbocycles. The summed E-state index contributed by atoms with van der Waals surface area (Å²) in [4.78, 5) is 22.0. The molecule has 3 rings (SSSR count). The van der Waals surface area contributed by atoms with Crippen LogP contribution in [0.25, 0.3) is 0 Å². The molecule has 21 heavy (non-hydrogen) atoms. The van der Waals surface area contributed by atoms with Crippen molar-refractivity contribution in [3.8, 4) is 0 Å². The summed E-state index contributed by atoms with van der Waals surface area (Å²) in [5, 5.41) is 4.44. The Morgan fingerprint density at radius 1 is 1.38 bits per heavy atom. The lowest BCUT2D eigenvalue weighted by Crippen LogP contribution is -2.48. The number of fused-ring (bicyclic) bond motifs is 1. The Labute approximate surface area is 130 Å². The van der Waals surface area contributed by atoms with E-state index in [2.05, 4.69) is 24.1 Å². The average molecular weight is 308 g/mol. The van der Waals surface area contributed by atoms with Gasteiger partial charge in [0.25, 0.3) is 0 Å². The first-order valence-electron chi connectivity index (χ1n) is 7.55. The van der Waals surface area contributed by atoms with Gasteiger partial charge in [0.15, 0.2) is 5.13 Å². The highest BCUT2D eigenvalue weighted by atomic mass is 32.1. The van der Waals surface area contributed by atoms with Crippen LogP contribution in [0.5, 0.6) is 0 Å². The Hall–Kier alpha value is -1.14. The molecule has 2 aliphatic rings. The van der Waals surface area contributed by atoms with Crippen LogP contribution in [0.3, 0.4) is 0 Å². The number of nitrogens with one attached hydrogen (secondary N) is 1. The molecule has 1 fully saturated rings. The van der Waals surface area contributed by atoms with Gasteiger partial charge < -0.3 is 15.1 Å². The molecule has 0 radical (unpaired) electrons. The van der Waals surface area contributed by atoms with E-state index in [1.54, 1.807) is 16.2 Å². The van der Waals surface area contributed by atoms with Gasteiger partial charge in [-0.3, -0.25) is 4.79 Å². The zero-order valence-electron chi connectivity index (χ0n) is 13.3. The number of anilines is 1. The average Bonchev–Trinajstić information content (AvgIpc) is 2.83. The van der Waals surface area contributed by atoms with Crippen molar-refractivity contribution in [1.29, 1.82) is 0 Å². The van der Waals surface area contributed by atoms with E-state index < -0.39 is 0 Å². The van der Waals surface area contributed by atoms with Crippen LogP contribution in [0.4, 0.5) is 5.13 Å². The number of carbonyl (C=O) groups excluding carboxylic acids is 1. The third-order valence-corrected chi connectivity index (χ3v) is 5.78. The maximum absolute atomic E-state index is 11.9. The van der Waals surface area contributed by atoms with Gasteiger partial charge in [-0.2, -0.15) is 0 Å². The lowest BCUT2D eigenvalue weighted by atomic mass is 9.76. The second-order valence-corrected chi connectivity index (χ2v) is 7.94. The molecule has 1 atom stereocenters. The number of nitrogens with zero attached hydrogens (tertiary/aromatic N) is 3. The fraction of sp³-hybridized carbons (Fsp3) is 0.733. The molecule has 0 saturated carbocycles. The first kappa shape index (κ1) is 14.8. The van der Waals surface area contributed by atoms with Crippen molar-refractivity contribution in [2.45, 2.75) is 32.7 Å². The number of likely N-dealkylation sites (N-methyl/N-ethyl adjacent to an activating group) is 1. The van der Waals surface area contributed by atoms with Crippen LogP contribution in [-0.2, 0) is 11.2 Å². The Kier molecular flexibility index (Phi) is 3.69. The van der Waals surface area contributed by atoms with Gasteiger partial charge in [-0.05, 0) is 25.3 Å². The third-order valence-electron chi connectivity index (χ3n) is 4.51. The Morgan fingerprint density at radius 2 is 2.14 bits per heavy atom. The van der Waals surface area contributed by atoms with Crippen molar-refractivity contribution in [2.24, 2.45) is 5.41 Å². The molecular formula is C15H24N4OS. The van der Waals surface area contributed by atoms with Crippen LogP contribution < -0.4 is 10.2 Å². The van der Waals surface area contributed by atoms with Crippen molar-refractivity contribution < 1.29 is 4.79 Å². The van der Waals surface area contributed by atoms with Gasteiger partial charge in [-0.15, -0.1) is 0 Å². The quantitative estimate of drug-likeness (QED) is 0.902. The van der Waals surface area contributed by atoms with Crippen LogP contribution >= 0.6 is 11.3 Å². The number of rotatable bonds is 2. The summed E-state index contributed by atoms with van der Waals surface area (Å²) in [5.74, 6) is 0.180. The van der Waals surface area contributed by atoms with Gasteiger partial charge in [0.05, 0.1) is 12.2 Å². The molecule has 1 unspecified atom stereocenters. The predicted octanol–water partition coefficient (Wildman–Crippen LogP) is 1.65. The van der Waals surface area contributed by atoms with Gasteiger partial charge in [-0.25, -0.2) is 4.98 Å². The molecule has 0 bridgehead atoms. The lowest BCUT2D eigenvalue weighted by Gasteiger charge is -2.34. The molecule has 1 aliphatic heterocycles. The zero-order chi connectivity index (χ0) is 15.2. The Balaban J connectivity index is 1.87. The summed E-state index contributed by atoms with van der Waals surface area (Å²) < 4.78 is 0. The second kappa shape index (κ2) is 5.25. The maximum atomic E-state index is 11.9. The van der Waals surface area contributed by atoms with Crippen LogP contribution in [0, 0.1) is 5.41 Å². The number of thiazole rings is 1. The second-order valence-electron chi connectivity index (χ2n) is 6.93.